The summed E-state index contributed by atoms with van der Waals surface area (Å²) < 4.78 is 0. The summed E-state index contributed by atoms with van der Waals surface area (Å²) in [5.74, 6) is 0. The molecule has 0 aromatic carbocycles. The van der Waals surface area contributed by atoms with Gasteiger partial charge in [0.05, 0.1) is 6.61 Å². The Bertz CT molecular complexity index is 259. The van der Waals surface area contributed by atoms with E-state index in [2.05, 4.69) is 11.8 Å². The number of hydrogen-bond acceptors (Lipinski definition) is 3. The molecule has 0 aliphatic carbocycles. The number of hydrogen-bond donors (Lipinski definition) is 0. The molecule has 0 aromatic rings. The summed E-state index contributed by atoms with van der Waals surface area (Å²) in [4.78, 5) is 14.3. The fraction of sp³-hybridized carbons (Fsp3) is 1.00. The molecule has 24 heavy (non-hydrogen) atoms. The molecule has 0 heterocycles. The Hall–Kier alpha value is -0.800. The van der Waals surface area contributed by atoms with E-state index < -0.39 is 5.09 Å². The Morgan fingerprint density at radius 1 is 0.583 bits per heavy atom. The van der Waals surface area contributed by atoms with Crippen LogP contribution < -0.4 is 0 Å². The first-order chi connectivity index (χ1) is 11.8. The Kier molecular flexibility index (Phi) is 19.6. The van der Waals surface area contributed by atoms with Crippen LogP contribution in [0, 0.1) is 10.1 Å². The lowest BCUT2D eigenvalue weighted by atomic mass is 10.0. The molecule has 0 unspecified atom stereocenters. The quantitative estimate of drug-likeness (QED) is 0.133. The minimum atomic E-state index is -0.701. The van der Waals surface area contributed by atoms with E-state index in [0.717, 1.165) is 12.8 Å². The van der Waals surface area contributed by atoms with Crippen LogP contribution in [-0.2, 0) is 4.84 Å². The molecule has 0 aliphatic rings. The maximum atomic E-state index is 9.96. The molecule has 0 atom stereocenters. The van der Waals surface area contributed by atoms with Gasteiger partial charge in [-0.15, -0.1) is 10.1 Å². The van der Waals surface area contributed by atoms with Crippen molar-refractivity contribution < 1.29 is 9.92 Å². The van der Waals surface area contributed by atoms with Crippen LogP contribution in [0.1, 0.15) is 122 Å². The van der Waals surface area contributed by atoms with Gasteiger partial charge in [-0.25, -0.2) is 0 Å². The lowest BCUT2D eigenvalue weighted by Gasteiger charge is -2.03. The van der Waals surface area contributed by atoms with Gasteiger partial charge in [0, 0.05) is 0 Å². The van der Waals surface area contributed by atoms with Crippen molar-refractivity contribution in [2.45, 2.75) is 122 Å². The third kappa shape index (κ3) is 21.2. The van der Waals surface area contributed by atoms with Gasteiger partial charge in [-0.3, -0.25) is 0 Å². The minimum Gasteiger partial charge on any atom is -0.314 e. The Morgan fingerprint density at radius 3 is 1.17 bits per heavy atom. The van der Waals surface area contributed by atoms with Gasteiger partial charge in [0.2, 0.25) is 0 Å². The van der Waals surface area contributed by atoms with E-state index in [1.807, 2.05) is 0 Å². The highest BCUT2D eigenvalue weighted by atomic mass is 16.9. The molecule has 0 saturated carbocycles. The van der Waals surface area contributed by atoms with E-state index in [1.54, 1.807) is 0 Å². The summed E-state index contributed by atoms with van der Waals surface area (Å²) in [7, 11) is 0. The zero-order chi connectivity index (χ0) is 17.7. The van der Waals surface area contributed by atoms with Gasteiger partial charge in [-0.05, 0) is 6.42 Å². The fourth-order valence-electron chi connectivity index (χ4n) is 3.14. The second-order valence-electron chi connectivity index (χ2n) is 7.07. The van der Waals surface area contributed by atoms with Crippen molar-refractivity contribution in [2.75, 3.05) is 6.61 Å². The zero-order valence-electron chi connectivity index (χ0n) is 16.1. The molecule has 144 valence electrons. The van der Waals surface area contributed by atoms with Crippen molar-refractivity contribution in [2.24, 2.45) is 0 Å². The van der Waals surface area contributed by atoms with Crippen molar-refractivity contribution >= 4 is 0 Å². The van der Waals surface area contributed by atoms with E-state index in [0.29, 0.717) is 0 Å². The Labute approximate surface area is 149 Å². The average Bonchev–Trinajstić information content (AvgIpc) is 2.56. The van der Waals surface area contributed by atoms with Gasteiger partial charge >= 0.3 is 0 Å². The van der Waals surface area contributed by atoms with Crippen LogP contribution in [-0.4, -0.2) is 11.7 Å². The van der Waals surface area contributed by atoms with Crippen LogP contribution in [0.2, 0.25) is 0 Å². The van der Waals surface area contributed by atoms with Gasteiger partial charge in [0.1, 0.15) is 0 Å². The molecule has 0 rings (SSSR count). The first kappa shape index (κ1) is 23.2. The molecule has 0 fully saturated rings. The highest BCUT2D eigenvalue weighted by Crippen LogP contribution is 2.14. The molecular weight excluding hydrogens is 302 g/mol. The summed E-state index contributed by atoms with van der Waals surface area (Å²) in [6.45, 7) is 2.53. The molecule has 4 nitrogen and oxygen atoms in total. The van der Waals surface area contributed by atoms with Crippen LogP contribution in [0.15, 0.2) is 0 Å². The highest BCUT2D eigenvalue weighted by Gasteiger charge is 1.96. The van der Waals surface area contributed by atoms with E-state index >= 15 is 0 Å². The average molecular weight is 344 g/mol. The smallest absolute Gasteiger partial charge is 0.294 e. The molecule has 0 amide bonds. The van der Waals surface area contributed by atoms with E-state index in [9.17, 15) is 10.1 Å². The van der Waals surface area contributed by atoms with Crippen LogP contribution in [0.5, 0.6) is 0 Å². The van der Waals surface area contributed by atoms with Crippen molar-refractivity contribution in [1.82, 2.24) is 0 Å². The topological polar surface area (TPSA) is 52.4 Å². The van der Waals surface area contributed by atoms with E-state index in [-0.39, 0.29) is 6.61 Å². The van der Waals surface area contributed by atoms with E-state index in [1.165, 1.54) is 103 Å². The van der Waals surface area contributed by atoms with Gasteiger partial charge < -0.3 is 4.84 Å². The van der Waals surface area contributed by atoms with Crippen molar-refractivity contribution in [3.8, 4) is 0 Å². The first-order valence-corrected chi connectivity index (χ1v) is 10.5. The normalized spacial score (nSPS) is 10.9. The predicted octanol–water partition coefficient (Wildman–Crippen LogP) is 7.24. The lowest BCUT2D eigenvalue weighted by molar-refractivity contribution is -0.757. The third-order valence-electron chi connectivity index (χ3n) is 4.69. The fourth-order valence-corrected chi connectivity index (χ4v) is 3.14. The van der Waals surface area contributed by atoms with Gasteiger partial charge in [-0.1, -0.05) is 116 Å². The van der Waals surface area contributed by atoms with Crippen molar-refractivity contribution in [3.63, 3.8) is 0 Å². The SMILES string of the molecule is CCCCCCCCCCCCCCCCCCCCO[N+](=O)[O-]. The van der Waals surface area contributed by atoms with Gasteiger partial charge in [0.15, 0.2) is 0 Å². The molecular formula is C20H41NO3. The van der Waals surface area contributed by atoms with E-state index in [4.69, 9.17) is 0 Å². The van der Waals surface area contributed by atoms with Crippen LogP contribution in [0.3, 0.4) is 0 Å². The Balaban J connectivity index is 2.97. The third-order valence-corrected chi connectivity index (χ3v) is 4.69. The highest BCUT2D eigenvalue weighted by molar-refractivity contribution is 4.50. The predicted molar refractivity (Wildman–Crippen MR) is 102 cm³/mol. The molecule has 0 aliphatic heterocycles. The summed E-state index contributed by atoms with van der Waals surface area (Å²) >= 11 is 0. The van der Waals surface area contributed by atoms with Crippen LogP contribution in [0.4, 0.5) is 0 Å². The second-order valence-corrected chi connectivity index (χ2v) is 7.07. The zero-order valence-corrected chi connectivity index (χ0v) is 16.1. The molecule has 0 spiro atoms. The summed E-state index contributed by atoms with van der Waals surface area (Å²) in [5.41, 5.74) is 0. The van der Waals surface area contributed by atoms with Gasteiger partial charge in [0.25, 0.3) is 5.09 Å². The maximum Gasteiger partial charge on any atom is 0.294 e. The number of unbranched alkanes of at least 4 members (excludes halogenated alkanes) is 17. The molecule has 0 radical (unpaired) electrons. The lowest BCUT2D eigenvalue weighted by Crippen LogP contribution is -2.01. The second kappa shape index (κ2) is 20.2. The molecule has 0 N–H and O–H groups in total. The number of rotatable bonds is 20. The molecule has 4 heteroatoms. The largest absolute Gasteiger partial charge is 0.314 e. The molecule has 0 bridgehead atoms. The number of nitrogens with zero attached hydrogens (tertiary/aromatic N) is 1. The monoisotopic (exact) mass is 343 g/mol. The minimum absolute atomic E-state index is 0.256. The van der Waals surface area contributed by atoms with Gasteiger partial charge in [-0.2, -0.15) is 0 Å². The molecule has 0 aromatic heterocycles. The Morgan fingerprint density at radius 2 is 0.875 bits per heavy atom. The maximum absolute atomic E-state index is 9.96. The van der Waals surface area contributed by atoms with Crippen LogP contribution >= 0.6 is 0 Å². The summed E-state index contributed by atoms with van der Waals surface area (Å²) in [5, 5.41) is 9.26. The summed E-state index contributed by atoms with van der Waals surface area (Å²) in [6, 6.07) is 0. The standard InChI is InChI=1S/C20H41NO3/c1-2-3-4-5-6-7-8-9-10-11-12-13-14-15-16-17-18-19-20-24-21(22)23/h2-20H2,1H3. The summed E-state index contributed by atoms with van der Waals surface area (Å²) in [6.07, 6.45) is 23.9. The van der Waals surface area contributed by atoms with Crippen molar-refractivity contribution in [1.29, 1.82) is 0 Å². The van der Waals surface area contributed by atoms with Crippen molar-refractivity contribution in [3.05, 3.63) is 10.1 Å². The first-order valence-electron chi connectivity index (χ1n) is 10.5. The molecule has 0 saturated heterocycles. The van der Waals surface area contributed by atoms with Crippen LogP contribution in [0.25, 0.3) is 0 Å².